The van der Waals surface area contributed by atoms with Gasteiger partial charge < -0.3 is 9.32 Å². The van der Waals surface area contributed by atoms with E-state index in [1.807, 2.05) is 41.0 Å². The second-order valence-electron chi connectivity index (χ2n) is 7.11. The molecule has 0 radical (unpaired) electrons. The summed E-state index contributed by atoms with van der Waals surface area (Å²) in [6, 6.07) is 17.8. The van der Waals surface area contributed by atoms with Gasteiger partial charge in [0, 0.05) is 30.1 Å². The van der Waals surface area contributed by atoms with E-state index in [1.165, 1.54) is 23.9 Å². The molecule has 0 aliphatic carbocycles. The zero-order valence-electron chi connectivity index (χ0n) is 16.7. The molecule has 2 aromatic carbocycles. The lowest BCUT2D eigenvalue weighted by Crippen LogP contribution is -2.30. The number of benzene rings is 2. The number of fused-ring (bicyclic) bond motifs is 1. The smallest absolute Gasteiger partial charge is 0.269 e. The monoisotopic (exact) mass is 447 g/mol. The Balaban J connectivity index is 1.38. The summed E-state index contributed by atoms with van der Waals surface area (Å²) in [5.41, 5.74) is 2.43. The molecule has 0 spiro atoms. The summed E-state index contributed by atoms with van der Waals surface area (Å²) >= 11 is 1.29. The zero-order valence-corrected chi connectivity index (χ0v) is 17.6. The highest BCUT2D eigenvalue weighted by Gasteiger charge is 2.27. The Hall–Kier alpha value is -3.92. The van der Waals surface area contributed by atoms with Crippen molar-refractivity contribution in [2.75, 3.05) is 17.2 Å². The van der Waals surface area contributed by atoms with Crippen LogP contribution in [0.2, 0.25) is 0 Å². The number of hydrogen-bond acceptors (Lipinski definition) is 7. The molecule has 10 heteroatoms. The predicted octanol–water partition coefficient (Wildman–Crippen LogP) is 4.12. The number of carbonyl (C=O) groups excluding carboxylic acids is 1. The van der Waals surface area contributed by atoms with E-state index in [2.05, 4.69) is 10.2 Å². The largest absolute Gasteiger partial charge is 0.461 e. The Bertz CT molecular complexity index is 1290. The standard InChI is InChI=1S/C22H17N5O4S/c28-20(25-11-10-15-13-17(27(29)30)8-9-18(15)25)14-32-22-24-23-21(19-7-4-12-31-19)26(22)16-5-2-1-3-6-16/h1-9,12-13H,10-11,14H2. The number of carbonyl (C=O) groups is 1. The van der Waals surface area contributed by atoms with Crippen LogP contribution in [0.4, 0.5) is 11.4 Å². The predicted molar refractivity (Wildman–Crippen MR) is 119 cm³/mol. The number of aromatic nitrogens is 3. The summed E-state index contributed by atoms with van der Waals surface area (Å²) in [5, 5.41) is 20.2. The number of non-ortho nitro benzene ring substituents is 1. The van der Waals surface area contributed by atoms with Gasteiger partial charge in [0.1, 0.15) is 0 Å². The van der Waals surface area contributed by atoms with Gasteiger partial charge in [0.05, 0.1) is 16.9 Å². The minimum atomic E-state index is -0.423. The highest BCUT2D eigenvalue weighted by molar-refractivity contribution is 7.99. The molecule has 1 aliphatic rings. The van der Waals surface area contributed by atoms with Gasteiger partial charge in [-0.3, -0.25) is 19.5 Å². The lowest BCUT2D eigenvalue weighted by atomic mass is 10.1. The van der Waals surface area contributed by atoms with Crippen LogP contribution in [0.1, 0.15) is 5.56 Å². The molecule has 2 aromatic heterocycles. The Morgan fingerprint density at radius 3 is 2.72 bits per heavy atom. The van der Waals surface area contributed by atoms with Crippen LogP contribution in [0.5, 0.6) is 0 Å². The SMILES string of the molecule is O=C(CSc1nnc(-c2ccco2)n1-c1ccccc1)N1CCc2cc([N+](=O)[O-])ccc21. The molecule has 0 N–H and O–H groups in total. The molecule has 4 aromatic rings. The van der Waals surface area contributed by atoms with Crippen molar-refractivity contribution in [1.82, 2.24) is 14.8 Å². The summed E-state index contributed by atoms with van der Waals surface area (Å²) in [7, 11) is 0. The molecule has 9 nitrogen and oxygen atoms in total. The first-order valence-corrected chi connectivity index (χ1v) is 10.9. The molecule has 0 atom stereocenters. The van der Waals surface area contributed by atoms with Crippen LogP contribution in [-0.2, 0) is 11.2 Å². The number of para-hydroxylation sites is 1. The maximum Gasteiger partial charge on any atom is 0.269 e. The van der Waals surface area contributed by atoms with Gasteiger partial charge in [0.25, 0.3) is 5.69 Å². The minimum absolute atomic E-state index is 0.0360. The van der Waals surface area contributed by atoms with Gasteiger partial charge in [-0.05, 0) is 42.3 Å². The van der Waals surface area contributed by atoms with E-state index in [0.29, 0.717) is 29.7 Å². The third-order valence-electron chi connectivity index (χ3n) is 5.18. The molecule has 32 heavy (non-hydrogen) atoms. The maximum absolute atomic E-state index is 13.0. The van der Waals surface area contributed by atoms with E-state index in [4.69, 9.17) is 4.42 Å². The first kappa shape index (κ1) is 20.0. The molecule has 0 fully saturated rings. The van der Waals surface area contributed by atoms with Gasteiger partial charge in [-0.15, -0.1) is 10.2 Å². The lowest BCUT2D eigenvalue weighted by Gasteiger charge is -2.17. The van der Waals surface area contributed by atoms with E-state index in [-0.39, 0.29) is 17.3 Å². The van der Waals surface area contributed by atoms with Crippen molar-refractivity contribution >= 4 is 29.0 Å². The molecule has 5 rings (SSSR count). The van der Waals surface area contributed by atoms with Crippen LogP contribution in [0.3, 0.4) is 0 Å². The van der Waals surface area contributed by atoms with Crippen LogP contribution in [-0.4, -0.2) is 37.9 Å². The maximum atomic E-state index is 13.0. The van der Waals surface area contributed by atoms with Crippen molar-refractivity contribution in [3.05, 3.63) is 82.6 Å². The van der Waals surface area contributed by atoms with Crippen molar-refractivity contribution in [2.45, 2.75) is 11.6 Å². The van der Waals surface area contributed by atoms with E-state index in [0.717, 1.165) is 16.9 Å². The minimum Gasteiger partial charge on any atom is -0.461 e. The molecular formula is C22H17N5O4S. The van der Waals surface area contributed by atoms with Crippen molar-refractivity contribution in [1.29, 1.82) is 0 Å². The van der Waals surface area contributed by atoms with Crippen LogP contribution in [0.15, 0.2) is 76.5 Å². The van der Waals surface area contributed by atoms with Crippen molar-refractivity contribution in [2.24, 2.45) is 0 Å². The van der Waals surface area contributed by atoms with Crippen LogP contribution in [0, 0.1) is 10.1 Å². The number of thioether (sulfide) groups is 1. The molecule has 0 saturated carbocycles. The van der Waals surface area contributed by atoms with E-state index in [1.54, 1.807) is 23.3 Å². The Labute approximate surface area is 186 Å². The van der Waals surface area contributed by atoms with Gasteiger partial charge in [-0.2, -0.15) is 0 Å². The number of nitrogens with zero attached hydrogens (tertiary/aromatic N) is 5. The first-order valence-electron chi connectivity index (χ1n) is 9.87. The number of amides is 1. The van der Waals surface area contributed by atoms with Crippen molar-refractivity contribution < 1.29 is 14.1 Å². The van der Waals surface area contributed by atoms with Crippen LogP contribution >= 0.6 is 11.8 Å². The molecule has 0 unspecified atom stereocenters. The molecule has 1 amide bonds. The molecule has 160 valence electrons. The summed E-state index contributed by atoms with van der Waals surface area (Å²) in [5.74, 6) is 1.19. The number of nitro groups is 1. The molecule has 3 heterocycles. The summed E-state index contributed by atoms with van der Waals surface area (Å²) < 4.78 is 7.37. The number of nitro benzene ring substituents is 1. The average Bonchev–Trinajstić information content (AvgIpc) is 3.56. The van der Waals surface area contributed by atoms with Gasteiger partial charge in [0.15, 0.2) is 10.9 Å². The average molecular weight is 447 g/mol. The van der Waals surface area contributed by atoms with Gasteiger partial charge in [-0.25, -0.2) is 0 Å². The first-order chi connectivity index (χ1) is 15.6. The fourth-order valence-corrected chi connectivity index (χ4v) is 4.53. The third kappa shape index (κ3) is 3.65. The van der Waals surface area contributed by atoms with Gasteiger partial charge >= 0.3 is 0 Å². The second kappa shape index (κ2) is 8.31. The Kier molecular flexibility index (Phi) is 5.20. The molecular weight excluding hydrogens is 430 g/mol. The number of hydrogen-bond donors (Lipinski definition) is 0. The normalized spacial score (nSPS) is 12.7. The number of rotatable bonds is 6. The van der Waals surface area contributed by atoms with E-state index >= 15 is 0 Å². The molecule has 0 saturated heterocycles. The van der Waals surface area contributed by atoms with Crippen LogP contribution < -0.4 is 4.90 Å². The fourth-order valence-electron chi connectivity index (χ4n) is 3.70. The highest BCUT2D eigenvalue weighted by Crippen LogP contribution is 2.33. The van der Waals surface area contributed by atoms with Crippen molar-refractivity contribution in [3.63, 3.8) is 0 Å². The van der Waals surface area contributed by atoms with Crippen LogP contribution in [0.25, 0.3) is 17.3 Å². The zero-order chi connectivity index (χ0) is 22.1. The topological polar surface area (TPSA) is 107 Å². The molecule has 0 bridgehead atoms. The quantitative estimate of drug-likeness (QED) is 0.249. The number of furan rings is 1. The summed E-state index contributed by atoms with van der Waals surface area (Å²) in [4.78, 5) is 25.2. The van der Waals surface area contributed by atoms with Gasteiger partial charge in [0.2, 0.25) is 11.7 Å². The van der Waals surface area contributed by atoms with E-state index < -0.39 is 4.92 Å². The fraction of sp³-hybridized carbons (Fsp3) is 0.136. The van der Waals surface area contributed by atoms with Gasteiger partial charge in [-0.1, -0.05) is 30.0 Å². The second-order valence-corrected chi connectivity index (χ2v) is 8.05. The van der Waals surface area contributed by atoms with Crippen molar-refractivity contribution in [3.8, 4) is 17.3 Å². The Morgan fingerprint density at radius 2 is 1.97 bits per heavy atom. The van der Waals surface area contributed by atoms with E-state index in [9.17, 15) is 14.9 Å². The summed E-state index contributed by atoms with van der Waals surface area (Å²) in [6.45, 7) is 0.499. The molecule has 1 aliphatic heterocycles. The summed E-state index contributed by atoms with van der Waals surface area (Å²) in [6.07, 6.45) is 2.17. The Morgan fingerprint density at radius 1 is 1.12 bits per heavy atom. The lowest BCUT2D eigenvalue weighted by molar-refractivity contribution is -0.384. The number of anilines is 1. The highest BCUT2D eigenvalue weighted by atomic mass is 32.2. The third-order valence-corrected chi connectivity index (χ3v) is 6.10.